The van der Waals surface area contributed by atoms with E-state index >= 15 is 0 Å². The Morgan fingerprint density at radius 1 is 1.45 bits per heavy atom. The quantitative estimate of drug-likeness (QED) is 0.880. The van der Waals surface area contributed by atoms with Crippen LogP contribution in [0.5, 0.6) is 5.75 Å². The Balaban J connectivity index is 2.12. The molecule has 0 aliphatic heterocycles. The Bertz CT molecular complexity index is 571. The maximum atomic E-state index is 13.3. The highest BCUT2D eigenvalue weighted by Gasteiger charge is 2.13. The van der Waals surface area contributed by atoms with Gasteiger partial charge in [-0.3, -0.25) is 0 Å². The molecule has 0 saturated carbocycles. The number of aromatic nitrogens is 2. The van der Waals surface area contributed by atoms with Gasteiger partial charge in [0.05, 0.1) is 0 Å². The maximum absolute atomic E-state index is 13.3. The molecule has 108 valence electrons. The molecule has 0 fully saturated rings. The standard InChI is InChI=1S/C14H18FN3O2/c1-4-13-17-14(20-18-13)8-19-12-6-5-10(15)7-11(12)9(2)16-3/h5-7,9,16H,4,8H2,1-3H3. The van der Waals surface area contributed by atoms with Crippen molar-refractivity contribution in [2.45, 2.75) is 32.9 Å². The van der Waals surface area contributed by atoms with Crippen molar-refractivity contribution in [1.29, 1.82) is 0 Å². The molecule has 2 aromatic rings. The van der Waals surface area contributed by atoms with Crippen LogP contribution in [0.1, 0.15) is 37.2 Å². The molecule has 1 N–H and O–H groups in total. The lowest BCUT2D eigenvalue weighted by molar-refractivity contribution is 0.239. The smallest absolute Gasteiger partial charge is 0.264 e. The molecular weight excluding hydrogens is 261 g/mol. The van der Waals surface area contributed by atoms with Gasteiger partial charge in [0.15, 0.2) is 12.4 Å². The number of halogens is 1. The fourth-order valence-electron chi connectivity index (χ4n) is 1.78. The van der Waals surface area contributed by atoms with Crippen LogP contribution in [0.25, 0.3) is 0 Å². The summed E-state index contributed by atoms with van der Waals surface area (Å²) in [5.41, 5.74) is 0.753. The summed E-state index contributed by atoms with van der Waals surface area (Å²) >= 11 is 0. The summed E-state index contributed by atoms with van der Waals surface area (Å²) in [5.74, 6) is 1.37. The number of benzene rings is 1. The van der Waals surface area contributed by atoms with Crippen molar-refractivity contribution in [2.24, 2.45) is 0 Å². The molecule has 20 heavy (non-hydrogen) atoms. The SMILES string of the molecule is CCc1noc(COc2ccc(F)cc2C(C)NC)n1. The van der Waals surface area contributed by atoms with Crippen molar-refractivity contribution in [3.8, 4) is 5.75 Å². The summed E-state index contributed by atoms with van der Waals surface area (Å²) < 4.78 is 24.0. The van der Waals surface area contributed by atoms with Gasteiger partial charge in [-0.2, -0.15) is 4.98 Å². The van der Waals surface area contributed by atoms with E-state index in [4.69, 9.17) is 9.26 Å². The fraction of sp³-hybridized carbons (Fsp3) is 0.429. The molecule has 6 heteroatoms. The van der Waals surface area contributed by atoms with Crippen LogP contribution in [0.3, 0.4) is 0 Å². The Hall–Kier alpha value is -1.95. The van der Waals surface area contributed by atoms with Crippen LogP contribution in [-0.4, -0.2) is 17.2 Å². The van der Waals surface area contributed by atoms with Crippen LogP contribution in [0.2, 0.25) is 0 Å². The summed E-state index contributed by atoms with van der Waals surface area (Å²) in [6.07, 6.45) is 0.710. The highest BCUT2D eigenvalue weighted by atomic mass is 19.1. The van der Waals surface area contributed by atoms with Gasteiger partial charge in [0.25, 0.3) is 5.89 Å². The van der Waals surface area contributed by atoms with Crippen molar-refractivity contribution in [2.75, 3.05) is 7.05 Å². The van der Waals surface area contributed by atoms with Crippen LogP contribution in [0, 0.1) is 5.82 Å². The van der Waals surface area contributed by atoms with Crippen molar-refractivity contribution < 1.29 is 13.7 Å². The van der Waals surface area contributed by atoms with E-state index in [0.717, 1.165) is 5.56 Å². The first-order valence-corrected chi connectivity index (χ1v) is 6.55. The van der Waals surface area contributed by atoms with E-state index in [1.54, 1.807) is 6.07 Å². The van der Waals surface area contributed by atoms with Crippen LogP contribution >= 0.6 is 0 Å². The van der Waals surface area contributed by atoms with E-state index in [9.17, 15) is 4.39 Å². The minimum absolute atomic E-state index is 0.0189. The van der Waals surface area contributed by atoms with E-state index in [2.05, 4.69) is 15.5 Å². The third-order valence-corrected chi connectivity index (χ3v) is 3.05. The molecular formula is C14H18FN3O2. The van der Waals surface area contributed by atoms with Gasteiger partial charge in [-0.1, -0.05) is 12.1 Å². The molecule has 0 saturated heterocycles. The largest absolute Gasteiger partial charge is 0.483 e. The van der Waals surface area contributed by atoms with Gasteiger partial charge in [-0.25, -0.2) is 4.39 Å². The van der Waals surface area contributed by atoms with E-state index in [0.29, 0.717) is 23.9 Å². The Kier molecular flexibility index (Phi) is 4.68. The van der Waals surface area contributed by atoms with Crippen molar-refractivity contribution >= 4 is 0 Å². The number of ether oxygens (including phenoxy) is 1. The number of rotatable bonds is 6. The predicted molar refractivity (Wildman–Crippen MR) is 71.9 cm³/mol. The molecule has 1 heterocycles. The first-order valence-electron chi connectivity index (χ1n) is 6.55. The molecule has 1 aromatic carbocycles. The average molecular weight is 279 g/mol. The topological polar surface area (TPSA) is 60.2 Å². The van der Waals surface area contributed by atoms with Crippen molar-refractivity contribution in [3.05, 3.63) is 41.3 Å². The van der Waals surface area contributed by atoms with E-state index in [1.807, 2.05) is 20.9 Å². The summed E-state index contributed by atoms with van der Waals surface area (Å²) in [7, 11) is 1.81. The molecule has 0 radical (unpaired) electrons. The summed E-state index contributed by atoms with van der Waals surface area (Å²) in [4.78, 5) is 4.16. The van der Waals surface area contributed by atoms with Gasteiger partial charge in [-0.15, -0.1) is 0 Å². The predicted octanol–water partition coefficient (Wildman–Crippen LogP) is 2.63. The minimum atomic E-state index is -0.291. The number of hydrogen-bond donors (Lipinski definition) is 1. The van der Waals surface area contributed by atoms with Gasteiger partial charge in [0, 0.05) is 18.0 Å². The zero-order valence-corrected chi connectivity index (χ0v) is 11.8. The molecule has 0 spiro atoms. The van der Waals surface area contributed by atoms with Gasteiger partial charge < -0.3 is 14.6 Å². The van der Waals surface area contributed by atoms with Crippen LogP contribution in [0.15, 0.2) is 22.7 Å². The Morgan fingerprint density at radius 2 is 2.25 bits per heavy atom. The van der Waals surface area contributed by atoms with E-state index in [-0.39, 0.29) is 18.5 Å². The molecule has 5 nitrogen and oxygen atoms in total. The molecule has 1 atom stereocenters. The lowest BCUT2D eigenvalue weighted by Gasteiger charge is -2.15. The number of nitrogens with zero attached hydrogens (tertiary/aromatic N) is 2. The van der Waals surface area contributed by atoms with E-state index < -0.39 is 0 Å². The fourth-order valence-corrected chi connectivity index (χ4v) is 1.78. The van der Waals surface area contributed by atoms with Crippen LogP contribution < -0.4 is 10.1 Å². The second-order valence-corrected chi connectivity index (χ2v) is 4.44. The Labute approximate surface area is 117 Å². The number of aryl methyl sites for hydroxylation is 1. The maximum Gasteiger partial charge on any atom is 0.264 e. The van der Waals surface area contributed by atoms with Gasteiger partial charge >= 0.3 is 0 Å². The molecule has 1 unspecified atom stereocenters. The summed E-state index contributed by atoms with van der Waals surface area (Å²) in [6.45, 7) is 4.05. The Morgan fingerprint density at radius 3 is 2.90 bits per heavy atom. The van der Waals surface area contributed by atoms with Crippen LogP contribution in [0.4, 0.5) is 4.39 Å². The van der Waals surface area contributed by atoms with Gasteiger partial charge in [0.2, 0.25) is 0 Å². The molecule has 0 bridgehead atoms. The molecule has 2 rings (SSSR count). The number of hydrogen-bond acceptors (Lipinski definition) is 5. The number of nitrogens with one attached hydrogen (secondary N) is 1. The van der Waals surface area contributed by atoms with Crippen LogP contribution in [-0.2, 0) is 13.0 Å². The first-order chi connectivity index (χ1) is 9.63. The summed E-state index contributed by atoms with van der Waals surface area (Å²) in [5, 5.41) is 6.86. The third-order valence-electron chi connectivity index (χ3n) is 3.05. The zero-order chi connectivity index (χ0) is 14.5. The van der Waals surface area contributed by atoms with E-state index in [1.165, 1.54) is 12.1 Å². The molecule has 0 aliphatic carbocycles. The minimum Gasteiger partial charge on any atom is -0.483 e. The monoisotopic (exact) mass is 279 g/mol. The third kappa shape index (κ3) is 3.33. The molecule has 1 aromatic heterocycles. The van der Waals surface area contributed by atoms with Crippen molar-refractivity contribution in [1.82, 2.24) is 15.5 Å². The highest BCUT2D eigenvalue weighted by molar-refractivity contribution is 5.36. The normalized spacial score (nSPS) is 12.4. The second-order valence-electron chi connectivity index (χ2n) is 4.44. The molecule has 0 amide bonds. The van der Waals surface area contributed by atoms with Gasteiger partial charge in [0.1, 0.15) is 11.6 Å². The first kappa shape index (κ1) is 14.5. The lowest BCUT2D eigenvalue weighted by atomic mass is 10.1. The lowest BCUT2D eigenvalue weighted by Crippen LogP contribution is -2.14. The molecule has 0 aliphatic rings. The zero-order valence-electron chi connectivity index (χ0n) is 11.8. The highest BCUT2D eigenvalue weighted by Crippen LogP contribution is 2.26. The van der Waals surface area contributed by atoms with Crippen molar-refractivity contribution in [3.63, 3.8) is 0 Å². The second kappa shape index (κ2) is 6.47. The summed E-state index contributed by atoms with van der Waals surface area (Å²) in [6, 6.07) is 4.42. The van der Waals surface area contributed by atoms with Gasteiger partial charge in [-0.05, 0) is 32.2 Å². The average Bonchev–Trinajstić information content (AvgIpc) is 2.93.